The van der Waals surface area contributed by atoms with Gasteiger partial charge in [0.1, 0.15) is 5.56 Å². The van der Waals surface area contributed by atoms with Gasteiger partial charge in [-0.25, -0.2) is 4.79 Å². The highest BCUT2D eigenvalue weighted by molar-refractivity contribution is 9.08. The van der Waals surface area contributed by atoms with Gasteiger partial charge >= 0.3 is 5.97 Å². The highest BCUT2D eigenvalue weighted by Gasteiger charge is 2.30. The van der Waals surface area contributed by atoms with Crippen LogP contribution in [0, 0.1) is 0 Å². The molecule has 106 valence electrons. The molecule has 1 rings (SSSR count). The number of alkyl halides is 1. The van der Waals surface area contributed by atoms with Gasteiger partial charge in [-0.2, -0.15) is 0 Å². The van der Waals surface area contributed by atoms with Crippen LogP contribution in [-0.2, 0) is 5.33 Å². The monoisotopic (exact) mass is 334 g/mol. The van der Waals surface area contributed by atoms with Gasteiger partial charge in [-0.1, -0.05) is 15.9 Å². The molecule has 0 saturated heterocycles. The Bertz CT molecular complexity index is 453. The molecule has 6 nitrogen and oxygen atoms in total. The number of carboxylic acid groups (broad SMARTS) is 1. The molecule has 0 aliphatic heterocycles. The van der Waals surface area contributed by atoms with Gasteiger partial charge in [0, 0.05) is 10.9 Å². The normalized spacial score (nSPS) is 9.95. The van der Waals surface area contributed by atoms with Crippen molar-refractivity contribution in [3.8, 4) is 23.0 Å². The number of ether oxygens (including phenoxy) is 4. The SMILES string of the molecule is COc1c(CBr)c(C(=O)O)c(OC)c(OC)c1OC. The Morgan fingerprint density at radius 2 is 1.37 bits per heavy atom. The summed E-state index contributed by atoms with van der Waals surface area (Å²) in [5.74, 6) is -0.257. The molecule has 0 spiro atoms. The van der Waals surface area contributed by atoms with Crippen molar-refractivity contribution in [2.24, 2.45) is 0 Å². The first kappa shape index (κ1) is 15.4. The molecule has 0 bridgehead atoms. The molecule has 0 amide bonds. The second-order valence-electron chi connectivity index (χ2n) is 3.43. The van der Waals surface area contributed by atoms with E-state index in [1.165, 1.54) is 28.4 Å². The van der Waals surface area contributed by atoms with Crippen molar-refractivity contribution in [1.29, 1.82) is 0 Å². The van der Waals surface area contributed by atoms with Crippen molar-refractivity contribution >= 4 is 21.9 Å². The Kier molecular flexibility index (Phi) is 5.29. The Hall–Kier alpha value is -1.63. The lowest BCUT2D eigenvalue weighted by Gasteiger charge is -2.20. The smallest absolute Gasteiger partial charge is 0.340 e. The van der Waals surface area contributed by atoms with E-state index in [1.54, 1.807) is 0 Å². The van der Waals surface area contributed by atoms with Crippen LogP contribution < -0.4 is 18.9 Å². The van der Waals surface area contributed by atoms with Crippen LogP contribution in [0.3, 0.4) is 0 Å². The minimum atomic E-state index is -1.13. The summed E-state index contributed by atoms with van der Waals surface area (Å²) in [5, 5.41) is 9.63. The Morgan fingerprint density at radius 3 is 1.68 bits per heavy atom. The highest BCUT2D eigenvalue weighted by atomic mass is 79.9. The van der Waals surface area contributed by atoms with Crippen molar-refractivity contribution in [2.45, 2.75) is 5.33 Å². The number of methoxy groups -OCH3 is 4. The lowest BCUT2D eigenvalue weighted by molar-refractivity contribution is 0.0691. The predicted molar refractivity (Wildman–Crippen MR) is 72.2 cm³/mol. The molecule has 0 aromatic heterocycles. The van der Waals surface area contributed by atoms with E-state index < -0.39 is 5.97 Å². The Labute approximate surface area is 119 Å². The minimum absolute atomic E-state index is 0.0196. The zero-order valence-electron chi connectivity index (χ0n) is 11.1. The van der Waals surface area contributed by atoms with Gasteiger partial charge in [0.25, 0.3) is 0 Å². The Balaban J connectivity index is 3.85. The van der Waals surface area contributed by atoms with Gasteiger partial charge in [0.2, 0.25) is 11.5 Å². The number of halogens is 1. The second-order valence-corrected chi connectivity index (χ2v) is 3.99. The third kappa shape index (κ3) is 2.56. The zero-order valence-corrected chi connectivity index (χ0v) is 12.7. The molecule has 0 fully saturated rings. The van der Waals surface area contributed by atoms with Crippen LogP contribution in [0.15, 0.2) is 0 Å². The van der Waals surface area contributed by atoms with Gasteiger partial charge in [-0.15, -0.1) is 0 Å². The first-order valence-electron chi connectivity index (χ1n) is 5.25. The van der Waals surface area contributed by atoms with E-state index in [0.717, 1.165) is 0 Å². The van der Waals surface area contributed by atoms with Gasteiger partial charge in [0.15, 0.2) is 11.5 Å². The summed E-state index contributed by atoms with van der Waals surface area (Å²) in [5.41, 5.74) is 0.401. The molecule has 0 unspecified atom stereocenters. The average molecular weight is 335 g/mol. The molecule has 0 radical (unpaired) electrons. The summed E-state index contributed by atoms with van der Waals surface area (Å²) >= 11 is 3.25. The molecule has 0 aliphatic rings. The van der Waals surface area contributed by atoms with Crippen molar-refractivity contribution < 1.29 is 28.8 Å². The Morgan fingerprint density at radius 1 is 0.947 bits per heavy atom. The quantitative estimate of drug-likeness (QED) is 0.804. The molecule has 0 aliphatic carbocycles. The number of carboxylic acids is 1. The molecular formula is C12H15BrO6. The first-order chi connectivity index (χ1) is 9.06. The number of benzene rings is 1. The van der Waals surface area contributed by atoms with Crippen LogP contribution in [0.1, 0.15) is 15.9 Å². The van der Waals surface area contributed by atoms with Crippen LogP contribution >= 0.6 is 15.9 Å². The molecule has 1 aromatic carbocycles. The topological polar surface area (TPSA) is 74.2 Å². The van der Waals surface area contributed by atoms with Crippen LogP contribution in [0.25, 0.3) is 0 Å². The van der Waals surface area contributed by atoms with Gasteiger partial charge in [-0.3, -0.25) is 0 Å². The maximum atomic E-state index is 11.4. The summed E-state index contributed by atoms with van der Waals surface area (Å²) in [6.07, 6.45) is 0. The highest BCUT2D eigenvalue weighted by Crippen LogP contribution is 2.50. The third-order valence-corrected chi connectivity index (χ3v) is 3.15. The van der Waals surface area contributed by atoms with Crippen molar-refractivity contribution in [2.75, 3.05) is 28.4 Å². The molecule has 1 aromatic rings. The fraction of sp³-hybridized carbons (Fsp3) is 0.417. The molecule has 7 heteroatoms. The van der Waals surface area contributed by atoms with E-state index in [4.69, 9.17) is 18.9 Å². The summed E-state index contributed by atoms with van der Waals surface area (Å²) < 4.78 is 20.8. The van der Waals surface area contributed by atoms with E-state index in [2.05, 4.69) is 15.9 Å². The fourth-order valence-electron chi connectivity index (χ4n) is 1.84. The van der Waals surface area contributed by atoms with E-state index in [9.17, 15) is 9.90 Å². The van der Waals surface area contributed by atoms with Crippen LogP contribution in [0.4, 0.5) is 0 Å². The number of hydrogen-bond acceptors (Lipinski definition) is 5. The standard InChI is InChI=1S/C12H15BrO6/c1-16-8-6(5-13)7(12(14)15)9(17-2)11(19-4)10(8)18-3/h5H2,1-4H3,(H,14,15). The lowest BCUT2D eigenvalue weighted by Crippen LogP contribution is -2.10. The number of carbonyl (C=O) groups is 1. The fourth-order valence-corrected chi connectivity index (χ4v) is 2.38. The molecule has 19 heavy (non-hydrogen) atoms. The molecule has 0 heterocycles. The second kappa shape index (κ2) is 6.51. The number of hydrogen-bond donors (Lipinski definition) is 1. The molecule has 1 N–H and O–H groups in total. The van der Waals surface area contributed by atoms with Crippen molar-refractivity contribution in [3.05, 3.63) is 11.1 Å². The van der Waals surface area contributed by atoms with Crippen LogP contribution in [-0.4, -0.2) is 39.5 Å². The van der Waals surface area contributed by atoms with E-state index in [0.29, 0.717) is 17.1 Å². The third-order valence-electron chi connectivity index (χ3n) is 2.59. The predicted octanol–water partition coefficient (Wildman–Crippen LogP) is 2.31. The molecule has 0 atom stereocenters. The van der Waals surface area contributed by atoms with E-state index in [1.807, 2.05) is 0 Å². The summed E-state index contributed by atoms with van der Waals surface area (Å²) in [6.45, 7) is 0. The minimum Gasteiger partial charge on any atom is -0.492 e. The van der Waals surface area contributed by atoms with E-state index >= 15 is 0 Å². The summed E-state index contributed by atoms with van der Waals surface area (Å²) in [6, 6.07) is 0. The first-order valence-corrected chi connectivity index (χ1v) is 6.37. The van der Waals surface area contributed by atoms with Crippen molar-refractivity contribution in [1.82, 2.24) is 0 Å². The largest absolute Gasteiger partial charge is 0.492 e. The van der Waals surface area contributed by atoms with Gasteiger partial charge < -0.3 is 24.1 Å². The van der Waals surface area contributed by atoms with Crippen molar-refractivity contribution in [3.63, 3.8) is 0 Å². The zero-order chi connectivity index (χ0) is 14.6. The summed E-state index contributed by atoms with van der Waals surface area (Å²) in [4.78, 5) is 11.4. The van der Waals surface area contributed by atoms with Gasteiger partial charge in [-0.05, 0) is 0 Å². The average Bonchev–Trinajstić information content (AvgIpc) is 2.43. The van der Waals surface area contributed by atoms with Crippen LogP contribution in [0.5, 0.6) is 23.0 Å². The van der Waals surface area contributed by atoms with Gasteiger partial charge in [0.05, 0.1) is 28.4 Å². The van der Waals surface area contributed by atoms with E-state index in [-0.39, 0.29) is 22.4 Å². The number of rotatable bonds is 6. The van der Waals surface area contributed by atoms with Crippen LogP contribution in [0.2, 0.25) is 0 Å². The maximum absolute atomic E-state index is 11.4. The maximum Gasteiger partial charge on any atom is 0.340 e. The summed E-state index contributed by atoms with van der Waals surface area (Å²) in [7, 11) is 5.65. The molecular weight excluding hydrogens is 320 g/mol. The lowest BCUT2D eigenvalue weighted by atomic mass is 10.0. The number of aromatic carboxylic acids is 1. The molecule has 0 saturated carbocycles.